The lowest BCUT2D eigenvalue weighted by Gasteiger charge is -2.11. The molecule has 0 aliphatic heterocycles. The van der Waals surface area contributed by atoms with Crippen LogP contribution in [0.3, 0.4) is 0 Å². The van der Waals surface area contributed by atoms with E-state index in [1.165, 1.54) is 11.3 Å². The molecule has 0 fully saturated rings. The molecule has 0 aliphatic rings. The van der Waals surface area contributed by atoms with Gasteiger partial charge in [-0.2, -0.15) is 5.10 Å². The van der Waals surface area contributed by atoms with Crippen LogP contribution < -0.4 is 14.9 Å². The number of fused-ring (bicyclic) bond motifs is 1. The van der Waals surface area contributed by atoms with Gasteiger partial charge in [0.2, 0.25) is 0 Å². The molecular weight excluding hydrogens is 444 g/mol. The Balaban J connectivity index is 1.43. The number of methoxy groups -OCH3 is 1. The maximum atomic E-state index is 12.6. The Labute approximate surface area is 195 Å². The summed E-state index contributed by atoms with van der Waals surface area (Å²) >= 11 is 7.75. The number of thiophene rings is 1. The summed E-state index contributed by atoms with van der Waals surface area (Å²) in [5.74, 6) is 0.865. The van der Waals surface area contributed by atoms with Crippen molar-refractivity contribution >= 4 is 45.1 Å². The lowest BCUT2D eigenvalue weighted by Crippen LogP contribution is -2.16. The molecule has 0 saturated heterocycles. The first-order chi connectivity index (χ1) is 15.5. The number of ether oxygens (including phenoxy) is 2. The van der Waals surface area contributed by atoms with Gasteiger partial charge in [-0.3, -0.25) is 4.79 Å². The maximum absolute atomic E-state index is 12.6. The van der Waals surface area contributed by atoms with Crippen LogP contribution in [0.25, 0.3) is 10.1 Å². The molecular formula is C25H21ClN2O3S. The fourth-order valence-corrected chi connectivity index (χ4v) is 4.66. The summed E-state index contributed by atoms with van der Waals surface area (Å²) in [6.07, 6.45) is 1.55. The molecule has 0 bridgehead atoms. The van der Waals surface area contributed by atoms with E-state index in [1.54, 1.807) is 19.4 Å². The molecule has 5 nitrogen and oxygen atoms in total. The van der Waals surface area contributed by atoms with Gasteiger partial charge in [-0.05, 0) is 47.9 Å². The third-order valence-electron chi connectivity index (χ3n) is 4.80. The number of nitrogens with one attached hydrogen (secondary N) is 1. The fraction of sp³-hybridized carbons (Fsp3) is 0.120. The van der Waals surface area contributed by atoms with Gasteiger partial charge in [-0.15, -0.1) is 11.3 Å². The first-order valence-electron chi connectivity index (χ1n) is 9.92. The van der Waals surface area contributed by atoms with Crippen molar-refractivity contribution in [3.8, 4) is 11.5 Å². The number of carbonyl (C=O) groups is 1. The van der Waals surface area contributed by atoms with Crippen molar-refractivity contribution in [3.63, 3.8) is 0 Å². The number of hydrogen-bond acceptors (Lipinski definition) is 5. The minimum atomic E-state index is -0.347. The van der Waals surface area contributed by atoms with Gasteiger partial charge in [0.25, 0.3) is 5.91 Å². The molecule has 1 heterocycles. The highest BCUT2D eigenvalue weighted by atomic mass is 35.5. The number of aryl methyl sites for hydroxylation is 1. The highest BCUT2D eigenvalue weighted by Gasteiger charge is 2.16. The smallest absolute Gasteiger partial charge is 0.283 e. The van der Waals surface area contributed by atoms with Gasteiger partial charge in [-0.25, -0.2) is 5.43 Å². The van der Waals surface area contributed by atoms with Crippen molar-refractivity contribution in [1.29, 1.82) is 0 Å². The molecule has 0 aliphatic carbocycles. The number of hydrazone groups is 1. The molecule has 0 radical (unpaired) electrons. The van der Waals surface area contributed by atoms with Crippen LogP contribution in [-0.2, 0) is 6.61 Å². The molecule has 32 heavy (non-hydrogen) atoms. The number of rotatable bonds is 7. The second-order valence-electron chi connectivity index (χ2n) is 7.13. The van der Waals surface area contributed by atoms with Crippen LogP contribution in [0.15, 0.2) is 71.8 Å². The Hall–Kier alpha value is -3.35. The normalized spacial score (nSPS) is 11.1. The van der Waals surface area contributed by atoms with E-state index < -0.39 is 0 Å². The van der Waals surface area contributed by atoms with Crippen LogP contribution in [0.2, 0.25) is 5.02 Å². The quantitative estimate of drug-likeness (QED) is 0.261. The molecule has 1 N–H and O–H groups in total. The average molecular weight is 465 g/mol. The largest absolute Gasteiger partial charge is 0.493 e. The van der Waals surface area contributed by atoms with Crippen LogP contribution >= 0.6 is 22.9 Å². The summed E-state index contributed by atoms with van der Waals surface area (Å²) in [5, 5.41) is 5.38. The predicted octanol–water partition coefficient (Wildman–Crippen LogP) is 6.21. The zero-order valence-electron chi connectivity index (χ0n) is 17.6. The van der Waals surface area contributed by atoms with Crippen molar-refractivity contribution in [1.82, 2.24) is 5.43 Å². The Morgan fingerprint density at radius 2 is 1.91 bits per heavy atom. The third kappa shape index (κ3) is 4.93. The molecule has 0 unspecified atom stereocenters. The van der Waals surface area contributed by atoms with Crippen molar-refractivity contribution in [3.05, 3.63) is 93.3 Å². The fourth-order valence-electron chi connectivity index (χ4n) is 3.15. The lowest BCUT2D eigenvalue weighted by atomic mass is 10.2. The molecule has 7 heteroatoms. The molecule has 0 spiro atoms. The van der Waals surface area contributed by atoms with E-state index in [-0.39, 0.29) is 5.91 Å². The zero-order chi connectivity index (χ0) is 22.5. The molecule has 1 amide bonds. The molecule has 0 saturated carbocycles. The summed E-state index contributed by atoms with van der Waals surface area (Å²) in [5.41, 5.74) is 5.49. The Morgan fingerprint density at radius 1 is 1.09 bits per heavy atom. The van der Waals surface area contributed by atoms with E-state index in [2.05, 4.69) is 10.5 Å². The van der Waals surface area contributed by atoms with Crippen LogP contribution in [0.5, 0.6) is 11.5 Å². The standard InChI is InChI=1S/C25H21ClN2O3S/c1-16-8-10-19-22(12-16)32-24(23(19)26)25(29)28-27-14-18-9-11-20(21(13-18)30-2)31-15-17-6-4-3-5-7-17/h3-14H,15H2,1-2H3,(H,28,29). The molecule has 4 aromatic rings. The van der Waals surface area contributed by atoms with Gasteiger partial charge >= 0.3 is 0 Å². The Morgan fingerprint density at radius 3 is 2.69 bits per heavy atom. The van der Waals surface area contributed by atoms with Gasteiger partial charge in [-0.1, -0.05) is 54.1 Å². The van der Waals surface area contributed by atoms with Crippen LogP contribution in [0.4, 0.5) is 0 Å². The summed E-state index contributed by atoms with van der Waals surface area (Å²) in [4.78, 5) is 13.0. The van der Waals surface area contributed by atoms with Crippen molar-refractivity contribution in [2.45, 2.75) is 13.5 Å². The van der Waals surface area contributed by atoms with Crippen LogP contribution in [0.1, 0.15) is 26.4 Å². The maximum Gasteiger partial charge on any atom is 0.283 e. The summed E-state index contributed by atoms with van der Waals surface area (Å²) in [7, 11) is 1.58. The molecule has 0 atom stereocenters. The second-order valence-corrected chi connectivity index (χ2v) is 8.56. The SMILES string of the molecule is COc1cc(C=NNC(=O)c2sc3cc(C)ccc3c2Cl)ccc1OCc1ccccc1. The van der Waals surface area contributed by atoms with E-state index in [1.807, 2.05) is 67.6 Å². The summed E-state index contributed by atoms with van der Waals surface area (Å²) in [6, 6.07) is 21.3. The third-order valence-corrected chi connectivity index (χ3v) is 6.45. The van der Waals surface area contributed by atoms with Gasteiger partial charge in [0.15, 0.2) is 11.5 Å². The molecule has 162 valence electrons. The number of halogens is 1. The van der Waals surface area contributed by atoms with E-state index in [0.29, 0.717) is 28.0 Å². The first-order valence-corrected chi connectivity index (χ1v) is 11.1. The van der Waals surface area contributed by atoms with Crippen molar-refractivity contribution < 1.29 is 14.3 Å². The number of benzene rings is 3. The van der Waals surface area contributed by atoms with Gasteiger partial charge < -0.3 is 9.47 Å². The Kier molecular flexibility index (Phi) is 6.73. The second kappa shape index (κ2) is 9.85. The first kappa shape index (κ1) is 21.9. The van der Waals surface area contributed by atoms with Gasteiger partial charge in [0.05, 0.1) is 18.3 Å². The zero-order valence-corrected chi connectivity index (χ0v) is 19.2. The van der Waals surface area contributed by atoms with E-state index in [0.717, 1.165) is 26.8 Å². The van der Waals surface area contributed by atoms with Gasteiger partial charge in [0.1, 0.15) is 11.5 Å². The summed E-state index contributed by atoms with van der Waals surface area (Å²) in [6.45, 7) is 2.44. The number of nitrogens with zero attached hydrogens (tertiary/aromatic N) is 1. The highest BCUT2D eigenvalue weighted by Crippen LogP contribution is 2.35. The monoisotopic (exact) mass is 464 g/mol. The molecule has 3 aromatic carbocycles. The number of carbonyl (C=O) groups excluding carboxylic acids is 1. The molecule has 1 aromatic heterocycles. The van der Waals surface area contributed by atoms with Crippen LogP contribution in [0, 0.1) is 6.92 Å². The highest BCUT2D eigenvalue weighted by molar-refractivity contribution is 7.21. The lowest BCUT2D eigenvalue weighted by molar-refractivity contribution is 0.0959. The number of amides is 1. The number of hydrogen-bond donors (Lipinski definition) is 1. The minimum absolute atomic E-state index is 0.347. The average Bonchev–Trinajstić information content (AvgIpc) is 3.14. The minimum Gasteiger partial charge on any atom is -0.493 e. The van der Waals surface area contributed by atoms with E-state index >= 15 is 0 Å². The predicted molar refractivity (Wildman–Crippen MR) is 130 cm³/mol. The van der Waals surface area contributed by atoms with Crippen molar-refractivity contribution in [2.24, 2.45) is 5.10 Å². The van der Waals surface area contributed by atoms with Crippen LogP contribution in [-0.4, -0.2) is 19.2 Å². The van der Waals surface area contributed by atoms with Crippen molar-refractivity contribution in [2.75, 3.05) is 7.11 Å². The van der Waals surface area contributed by atoms with E-state index in [9.17, 15) is 4.79 Å². The summed E-state index contributed by atoms with van der Waals surface area (Å²) < 4.78 is 12.3. The van der Waals surface area contributed by atoms with Gasteiger partial charge in [0, 0.05) is 10.1 Å². The molecule has 4 rings (SSSR count). The Bertz CT molecular complexity index is 1290. The topological polar surface area (TPSA) is 59.9 Å². The van der Waals surface area contributed by atoms with E-state index in [4.69, 9.17) is 21.1 Å².